The number of nitrogens with zero attached hydrogens (tertiary/aromatic N) is 4. The molecule has 1 aromatic heterocycles. The van der Waals surface area contributed by atoms with Crippen LogP contribution in [0.15, 0.2) is 9.59 Å². The minimum atomic E-state index is -2.85. The van der Waals surface area contributed by atoms with Gasteiger partial charge in [0.2, 0.25) is 11.8 Å². The van der Waals surface area contributed by atoms with Gasteiger partial charge in [-0.1, -0.05) is 0 Å². The number of hydrogen-bond acceptors (Lipinski definition) is 7. The van der Waals surface area contributed by atoms with E-state index < -0.39 is 58.4 Å². The van der Waals surface area contributed by atoms with Crippen LogP contribution in [0.1, 0.15) is 69.4 Å². The van der Waals surface area contributed by atoms with E-state index in [9.17, 15) is 33.1 Å². The number of carbonyl (C=O) groups is 2. The summed E-state index contributed by atoms with van der Waals surface area (Å²) in [7, 11) is 1.51. The number of imide groups is 1. The van der Waals surface area contributed by atoms with Crippen LogP contribution in [0.3, 0.4) is 0 Å². The van der Waals surface area contributed by atoms with Crippen LogP contribution >= 0.6 is 0 Å². The van der Waals surface area contributed by atoms with Gasteiger partial charge in [0.05, 0.1) is 13.2 Å². The van der Waals surface area contributed by atoms with Crippen molar-refractivity contribution in [2.45, 2.75) is 81.8 Å². The molecule has 5 aliphatic rings. The zero-order valence-corrected chi connectivity index (χ0v) is 23.0. The molecule has 41 heavy (non-hydrogen) atoms. The first kappa shape index (κ1) is 27.9. The van der Waals surface area contributed by atoms with Crippen molar-refractivity contribution in [3.05, 3.63) is 26.4 Å². The lowest BCUT2D eigenvalue weighted by molar-refractivity contribution is -0.152. The highest BCUT2D eigenvalue weighted by molar-refractivity contribution is 6.07. The molecule has 5 fully saturated rings. The number of urea groups is 1. The summed E-state index contributed by atoms with van der Waals surface area (Å²) >= 11 is 0. The molecule has 2 saturated heterocycles. The molecule has 2 aliphatic heterocycles. The third-order valence-corrected chi connectivity index (χ3v) is 10.2. The van der Waals surface area contributed by atoms with Crippen LogP contribution in [0.25, 0.3) is 0 Å². The van der Waals surface area contributed by atoms with Crippen LogP contribution in [-0.4, -0.2) is 80.1 Å². The number of aromatic nitrogens is 2. The van der Waals surface area contributed by atoms with E-state index >= 15 is 0 Å². The van der Waals surface area contributed by atoms with Crippen molar-refractivity contribution in [3.63, 3.8) is 0 Å². The molecule has 1 aromatic rings. The number of nitrogen functional groups attached to an aromatic ring is 1. The Bertz CT molecular complexity index is 1420. The Labute approximate surface area is 234 Å². The van der Waals surface area contributed by atoms with Gasteiger partial charge in [-0.3, -0.25) is 29.0 Å². The molecule has 0 radical (unpaired) electrons. The van der Waals surface area contributed by atoms with Crippen LogP contribution in [0.4, 0.5) is 13.6 Å². The summed E-state index contributed by atoms with van der Waals surface area (Å²) in [5.74, 6) is -4.88. The number of carbonyl (C=O) groups excluding carboxylic acids is 2. The average Bonchev–Trinajstić information content (AvgIpc) is 3.29. The second kappa shape index (κ2) is 9.36. The number of amidine groups is 1. The lowest BCUT2D eigenvalue weighted by atomic mass is 9.51. The summed E-state index contributed by atoms with van der Waals surface area (Å²) in [6.07, 6.45) is 2.55. The molecule has 1 atom stereocenters. The van der Waals surface area contributed by atoms with Crippen LogP contribution in [-0.2, 0) is 16.1 Å². The summed E-state index contributed by atoms with van der Waals surface area (Å²) in [5, 5.41) is 18.6. The van der Waals surface area contributed by atoms with Gasteiger partial charge < -0.3 is 20.5 Å². The number of likely N-dealkylation sites (N-methyl/N-ethyl adjacent to an activating group) is 1. The zero-order chi connectivity index (χ0) is 29.5. The summed E-state index contributed by atoms with van der Waals surface area (Å²) < 4.78 is 34.8. The molecule has 3 amide bonds. The van der Waals surface area contributed by atoms with Gasteiger partial charge in [0.1, 0.15) is 16.9 Å². The van der Waals surface area contributed by atoms with Crippen molar-refractivity contribution in [2.24, 2.45) is 23.0 Å². The molecule has 3 heterocycles. The molecule has 4 N–H and O–H groups in total. The Hall–Kier alpha value is -3.29. The molecular formula is C27H36F2N6O6. The van der Waals surface area contributed by atoms with Gasteiger partial charge in [-0.05, 0) is 56.3 Å². The Balaban J connectivity index is 1.23. The van der Waals surface area contributed by atoms with Crippen LogP contribution in [0, 0.1) is 22.7 Å². The molecular weight excluding hydrogens is 542 g/mol. The van der Waals surface area contributed by atoms with Crippen LogP contribution in [0.5, 0.6) is 5.88 Å². The van der Waals surface area contributed by atoms with Gasteiger partial charge in [-0.15, -0.1) is 0 Å². The number of halogens is 2. The van der Waals surface area contributed by atoms with Gasteiger partial charge in [-0.25, -0.2) is 18.4 Å². The minimum absolute atomic E-state index is 0.169. The molecule has 6 rings (SSSR count). The Morgan fingerprint density at radius 2 is 1.71 bits per heavy atom. The van der Waals surface area contributed by atoms with E-state index in [0.29, 0.717) is 58.3 Å². The highest BCUT2D eigenvalue weighted by atomic mass is 19.3. The summed E-state index contributed by atoms with van der Waals surface area (Å²) in [6, 6.07) is -0.836. The normalized spacial score (nSPS) is 33.0. The lowest BCUT2D eigenvalue weighted by Gasteiger charge is -2.58. The van der Waals surface area contributed by atoms with Gasteiger partial charge in [-0.2, -0.15) is 0 Å². The molecule has 1 unspecified atom stereocenters. The quantitative estimate of drug-likeness (QED) is 0.262. The maximum Gasteiger partial charge on any atom is 0.334 e. The van der Waals surface area contributed by atoms with Crippen molar-refractivity contribution in [1.82, 2.24) is 18.9 Å². The molecule has 224 valence electrons. The van der Waals surface area contributed by atoms with Crippen molar-refractivity contribution in [2.75, 3.05) is 26.8 Å². The standard InChI is InChI=1S/C27H36F2N6O6/c1-32-22(38)26(34(23(32)39)10-16-11-41-12-16)13-25(14-26)5-3-17(4-6-25)35-21(37)18(19(30)31)20(36)33(24(35)40)9-15-2-7-27(28,29)8-15/h15-17,36H,2-14H2,1H3,(H3,30,31). The predicted molar refractivity (Wildman–Crippen MR) is 141 cm³/mol. The number of nitrogens with two attached hydrogens (primary N) is 1. The highest BCUT2D eigenvalue weighted by Gasteiger charge is 2.68. The van der Waals surface area contributed by atoms with E-state index in [0.717, 1.165) is 9.13 Å². The Morgan fingerprint density at radius 1 is 1.05 bits per heavy atom. The van der Waals surface area contributed by atoms with Crippen LogP contribution in [0.2, 0.25) is 0 Å². The maximum absolute atomic E-state index is 13.8. The summed E-state index contributed by atoms with van der Waals surface area (Å²) in [4.78, 5) is 55.9. The Morgan fingerprint density at radius 3 is 2.24 bits per heavy atom. The molecule has 2 spiro atoms. The number of hydrogen-bond donors (Lipinski definition) is 3. The van der Waals surface area contributed by atoms with Gasteiger partial charge in [0.15, 0.2) is 0 Å². The van der Waals surface area contributed by atoms with Gasteiger partial charge in [0, 0.05) is 44.9 Å². The fourth-order valence-electron chi connectivity index (χ4n) is 7.97. The smallest absolute Gasteiger partial charge is 0.334 e. The fourth-order valence-corrected chi connectivity index (χ4v) is 7.97. The minimum Gasteiger partial charge on any atom is -0.494 e. The Kier molecular flexibility index (Phi) is 6.36. The number of rotatable bonds is 6. The third-order valence-electron chi connectivity index (χ3n) is 10.2. The number of ether oxygens (including phenoxy) is 1. The third kappa shape index (κ3) is 4.28. The maximum atomic E-state index is 13.8. The molecule has 3 aliphatic carbocycles. The molecule has 0 aromatic carbocycles. The van der Waals surface area contributed by atoms with Crippen LogP contribution < -0.4 is 17.0 Å². The first-order valence-corrected chi connectivity index (χ1v) is 14.3. The molecule has 0 bridgehead atoms. The largest absolute Gasteiger partial charge is 0.494 e. The average molecular weight is 579 g/mol. The van der Waals surface area contributed by atoms with Crippen molar-refractivity contribution in [3.8, 4) is 5.88 Å². The summed E-state index contributed by atoms with van der Waals surface area (Å²) in [5.41, 5.74) is 2.35. The predicted octanol–water partition coefficient (Wildman–Crippen LogP) is 1.61. The fraction of sp³-hybridized carbons (Fsp3) is 0.741. The number of alkyl halides is 2. The number of amides is 3. The monoisotopic (exact) mass is 578 g/mol. The lowest BCUT2D eigenvalue weighted by Crippen LogP contribution is -2.65. The van der Waals surface area contributed by atoms with Crippen molar-refractivity contribution >= 4 is 17.8 Å². The van der Waals surface area contributed by atoms with E-state index in [1.54, 1.807) is 4.90 Å². The van der Waals surface area contributed by atoms with E-state index in [4.69, 9.17) is 15.9 Å². The molecule has 3 saturated carbocycles. The highest BCUT2D eigenvalue weighted by Crippen LogP contribution is 2.62. The number of aromatic hydroxyl groups is 1. The SMILES string of the molecule is CN1C(=O)N(CC2COC2)C2(CC3(CCC(n4c(=O)c(C(=N)N)c(O)n(CC5CCC(F)(F)C5)c4=O)CC3)C2)C1=O. The topological polar surface area (TPSA) is 164 Å². The van der Waals surface area contributed by atoms with Gasteiger partial charge >= 0.3 is 11.7 Å². The van der Waals surface area contributed by atoms with Crippen molar-refractivity contribution < 1.29 is 28.2 Å². The van der Waals surface area contributed by atoms with Gasteiger partial charge in [0.25, 0.3) is 11.5 Å². The first-order valence-electron chi connectivity index (χ1n) is 14.3. The van der Waals surface area contributed by atoms with E-state index in [2.05, 4.69) is 0 Å². The van der Waals surface area contributed by atoms with Crippen molar-refractivity contribution in [1.29, 1.82) is 5.41 Å². The summed E-state index contributed by atoms with van der Waals surface area (Å²) in [6.45, 7) is 1.40. The van der Waals surface area contributed by atoms with E-state index in [1.165, 1.54) is 11.9 Å². The van der Waals surface area contributed by atoms with E-state index in [1.807, 2.05) is 0 Å². The zero-order valence-electron chi connectivity index (χ0n) is 23.0. The van der Waals surface area contributed by atoms with E-state index in [-0.39, 0.29) is 42.7 Å². The molecule has 12 nitrogen and oxygen atoms in total. The second-order valence-electron chi connectivity index (χ2n) is 12.9. The second-order valence-corrected chi connectivity index (χ2v) is 12.9. The molecule has 14 heteroatoms. The number of nitrogens with one attached hydrogen (secondary N) is 1. The first-order chi connectivity index (χ1) is 19.3.